The molecule has 1 saturated carbocycles. The van der Waals surface area contributed by atoms with Crippen LogP contribution in [0.1, 0.15) is 62.7 Å². The first kappa shape index (κ1) is 20.9. The molecule has 3 aromatic rings. The fraction of sp³-hybridized carbons (Fsp3) is 0.409. The fourth-order valence-corrected chi connectivity index (χ4v) is 3.63. The van der Waals surface area contributed by atoms with E-state index in [0.717, 1.165) is 29.9 Å². The maximum atomic E-state index is 10.0. The van der Waals surface area contributed by atoms with Crippen molar-refractivity contribution in [2.24, 2.45) is 10.7 Å². The molecule has 4 N–H and O–H groups in total. The van der Waals surface area contributed by atoms with Crippen molar-refractivity contribution in [3.05, 3.63) is 47.8 Å². The van der Waals surface area contributed by atoms with Crippen LogP contribution in [-0.4, -0.2) is 43.2 Å². The van der Waals surface area contributed by atoms with Crippen molar-refractivity contribution in [1.82, 2.24) is 25.1 Å². The molecular formula is C22H27N7O2. The summed E-state index contributed by atoms with van der Waals surface area (Å²) in [5, 5.41) is 17.5. The van der Waals surface area contributed by atoms with Crippen LogP contribution in [0, 0.1) is 0 Å². The normalized spacial score (nSPS) is 19.2. The van der Waals surface area contributed by atoms with E-state index >= 15 is 0 Å². The first-order valence-corrected chi connectivity index (χ1v) is 10.2. The second-order valence-electron chi connectivity index (χ2n) is 8.43. The molecule has 0 bridgehead atoms. The van der Waals surface area contributed by atoms with Crippen molar-refractivity contribution in [1.29, 1.82) is 0 Å². The van der Waals surface area contributed by atoms with E-state index in [1.54, 1.807) is 40.3 Å². The van der Waals surface area contributed by atoms with E-state index in [0.29, 0.717) is 34.7 Å². The number of methoxy groups -OCH3 is 1. The van der Waals surface area contributed by atoms with Crippen molar-refractivity contribution < 1.29 is 9.84 Å². The molecule has 1 fully saturated rings. The standard InChI is InChI=1S/C22H27N7O2/c1-12(23)26-17-9-15(31-4)5-6-16(17)21-27-20(28-29-21)14-7-13(8-14)18-10-25-19(11-24-18)22(2,3)30/h5-6,9-11,13-14,30H,7-8H2,1-4H3,(H2,23,26)(H,27,28,29). The number of hydrogen-bond acceptors (Lipinski definition) is 7. The van der Waals surface area contributed by atoms with Crippen LogP contribution >= 0.6 is 0 Å². The van der Waals surface area contributed by atoms with Gasteiger partial charge in [-0.25, -0.2) is 9.98 Å². The second-order valence-corrected chi connectivity index (χ2v) is 8.43. The molecule has 2 heterocycles. The molecule has 0 radical (unpaired) electrons. The molecule has 0 atom stereocenters. The van der Waals surface area contributed by atoms with E-state index in [4.69, 9.17) is 15.5 Å². The zero-order chi connectivity index (χ0) is 22.2. The highest BCUT2D eigenvalue weighted by atomic mass is 16.5. The third-order valence-electron chi connectivity index (χ3n) is 5.49. The van der Waals surface area contributed by atoms with Gasteiger partial charge in [0.05, 0.1) is 36.2 Å². The Bertz CT molecular complexity index is 1090. The van der Waals surface area contributed by atoms with E-state index in [9.17, 15) is 5.11 Å². The van der Waals surface area contributed by atoms with Crippen molar-refractivity contribution in [3.8, 4) is 17.1 Å². The van der Waals surface area contributed by atoms with Crippen molar-refractivity contribution >= 4 is 11.5 Å². The second kappa shape index (κ2) is 8.07. The first-order valence-electron chi connectivity index (χ1n) is 10.2. The van der Waals surface area contributed by atoms with Crippen molar-refractivity contribution in [2.45, 2.75) is 51.0 Å². The molecule has 0 amide bonds. The molecule has 9 heteroatoms. The van der Waals surface area contributed by atoms with Gasteiger partial charge in [0.25, 0.3) is 0 Å². The highest BCUT2D eigenvalue weighted by molar-refractivity contribution is 5.84. The predicted molar refractivity (Wildman–Crippen MR) is 117 cm³/mol. The summed E-state index contributed by atoms with van der Waals surface area (Å²) in [6.07, 6.45) is 5.25. The molecular weight excluding hydrogens is 394 g/mol. The van der Waals surface area contributed by atoms with Crippen LogP contribution in [0.3, 0.4) is 0 Å². The summed E-state index contributed by atoms with van der Waals surface area (Å²) < 4.78 is 5.29. The Balaban J connectivity index is 1.48. The monoisotopic (exact) mass is 421 g/mol. The number of rotatable bonds is 6. The van der Waals surface area contributed by atoms with Crippen molar-refractivity contribution in [3.63, 3.8) is 0 Å². The lowest BCUT2D eigenvalue weighted by atomic mass is 9.73. The topological polar surface area (TPSA) is 135 Å². The number of aromatic amines is 1. The number of aliphatic imine (C=N–C) groups is 1. The van der Waals surface area contributed by atoms with Gasteiger partial charge >= 0.3 is 0 Å². The van der Waals surface area contributed by atoms with E-state index in [2.05, 4.69) is 25.2 Å². The summed E-state index contributed by atoms with van der Waals surface area (Å²) in [4.78, 5) is 18.0. The third-order valence-corrected chi connectivity index (χ3v) is 5.49. The Morgan fingerprint density at radius 3 is 2.61 bits per heavy atom. The molecule has 9 nitrogen and oxygen atoms in total. The minimum absolute atomic E-state index is 0.281. The van der Waals surface area contributed by atoms with E-state index in [1.807, 2.05) is 18.2 Å². The van der Waals surface area contributed by atoms with E-state index in [-0.39, 0.29) is 5.92 Å². The number of amidine groups is 1. The highest BCUT2D eigenvalue weighted by Gasteiger charge is 2.35. The van der Waals surface area contributed by atoms with E-state index < -0.39 is 5.60 Å². The van der Waals surface area contributed by atoms with Crippen LogP contribution < -0.4 is 10.5 Å². The van der Waals surface area contributed by atoms with Gasteiger partial charge in [0.2, 0.25) is 0 Å². The van der Waals surface area contributed by atoms with Crippen LogP contribution in [0.4, 0.5) is 5.69 Å². The molecule has 0 unspecified atom stereocenters. The summed E-state index contributed by atoms with van der Waals surface area (Å²) in [6.45, 7) is 5.13. The van der Waals surface area contributed by atoms with Gasteiger partial charge in [-0.1, -0.05) is 0 Å². The highest BCUT2D eigenvalue weighted by Crippen LogP contribution is 2.46. The molecule has 0 spiro atoms. The Morgan fingerprint density at radius 1 is 1.23 bits per heavy atom. The molecule has 31 heavy (non-hydrogen) atoms. The Morgan fingerprint density at radius 2 is 2.00 bits per heavy atom. The maximum Gasteiger partial charge on any atom is 0.183 e. The first-order chi connectivity index (χ1) is 14.7. The Kier molecular flexibility index (Phi) is 5.45. The molecule has 0 saturated heterocycles. The molecule has 162 valence electrons. The van der Waals surface area contributed by atoms with Gasteiger partial charge in [0.15, 0.2) is 5.82 Å². The Labute approximate surface area is 180 Å². The lowest BCUT2D eigenvalue weighted by Crippen LogP contribution is -2.23. The third kappa shape index (κ3) is 4.41. The molecule has 4 rings (SSSR count). The molecule has 1 aliphatic carbocycles. The van der Waals surface area contributed by atoms with Gasteiger partial charge in [0, 0.05) is 29.7 Å². The number of nitrogens with zero attached hydrogens (tertiary/aromatic N) is 5. The number of nitrogens with two attached hydrogens (primary N) is 1. The number of benzene rings is 1. The number of H-pyrrole nitrogens is 1. The number of aromatic nitrogens is 5. The van der Waals surface area contributed by atoms with Gasteiger partial charge in [-0.05, 0) is 45.7 Å². The smallest absolute Gasteiger partial charge is 0.183 e. The predicted octanol–water partition coefficient (Wildman–Crippen LogP) is 3.17. The summed E-state index contributed by atoms with van der Waals surface area (Å²) in [5.41, 5.74) is 7.76. The number of hydrogen-bond donors (Lipinski definition) is 3. The quantitative estimate of drug-likeness (QED) is 0.411. The van der Waals surface area contributed by atoms with Gasteiger partial charge < -0.3 is 15.6 Å². The van der Waals surface area contributed by atoms with Crippen LogP contribution in [0.5, 0.6) is 5.75 Å². The minimum atomic E-state index is -0.989. The summed E-state index contributed by atoms with van der Waals surface area (Å²) in [6, 6.07) is 5.56. The summed E-state index contributed by atoms with van der Waals surface area (Å²) >= 11 is 0. The van der Waals surface area contributed by atoms with Gasteiger partial charge in [0.1, 0.15) is 17.2 Å². The largest absolute Gasteiger partial charge is 0.497 e. The number of nitrogens with one attached hydrogen (secondary N) is 1. The summed E-state index contributed by atoms with van der Waals surface area (Å²) in [7, 11) is 1.61. The maximum absolute atomic E-state index is 10.0. The van der Waals surface area contributed by atoms with Gasteiger partial charge in [-0.3, -0.25) is 15.1 Å². The molecule has 1 aliphatic rings. The van der Waals surface area contributed by atoms with Crippen LogP contribution in [-0.2, 0) is 5.60 Å². The zero-order valence-corrected chi connectivity index (χ0v) is 18.1. The van der Waals surface area contributed by atoms with E-state index in [1.165, 1.54) is 0 Å². The molecule has 1 aromatic carbocycles. The molecule has 0 aliphatic heterocycles. The molecule has 2 aromatic heterocycles. The van der Waals surface area contributed by atoms with Gasteiger partial charge in [-0.2, -0.15) is 5.10 Å². The lowest BCUT2D eigenvalue weighted by Gasteiger charge is -2.33. The average molecular weight is 422 g/mol. The van der Waals surface area contributed by atoms with Crippen molar-refractivity contribution in [2.75, 3.05) is 7.11 Å². The lowest BCUT2D eigenvalue weighted by molar-refractivity contribution is 0.0733. The van der Waals surface area contributed by atoms with Crippen LogP contribution in [0.2, 0.25) is 0 Å². The average Bonchev–Trinajstić information content (AvgIpc) is 3.15. The Hall–Kier alpha value is -3.33. The van der Waals surface area contributed by atoms with Gasteiger partial charge in [-0.15, -0.1) is 0 Å². The number of aliphatic hydroxyl groups is 1. The number of ether oxygens (including phenoxy) is 1. The minimum Gasteiger partial charge on any atom is -0.497 e. The van der Waals surface area contributed by atoms with Crippen LogP contribution in [0.15, 0.2) is 35.6 Å². The summed E-state index contributed by atoms with van der Waals surface area (Å²) in [5.74, 6) is 3.17. The zero-order valence-electron chi connectivity index (χ0n) is 18.1. The fourth-order valence-electron chi connectivity index (χ4n) is 3.63. The SMILES string of the molecule is COc1ccc(-c2n[nH]c(C3CC(c4cnc(C(C)(C)O)cn4)C3)n2)c(N=C(C)N)c1. The van der Waals surface area contributed by atoms with Crippen LogP contribution in [0.25, 0.3) is 11.4 Å².